The molecule has 1 aliphatic heterocycles. The van der Waals surface area contributed by atoms with E-state index in [4.69, 9.17) is 10.5 Å². The molecule has 0 spiro atoms. The van der Waals surface area contributed by atoms with Gasteiger partial charge in [0.1, 0.15) is 21.5 Å². The van der Waals surface area contributed by atoms with Crippen molar-refractivity contribution in [1.82, 2.24) is 5.32 Å². The maximum atomic E-state index is 12.0. The molecule has 1 fully saturated rings. The minimum Gasteiger partial charge on any atom is -0.396 e. The highest BCUT2D eigenvalue weighted by Crippen LogP contribution is 2.39. The Hall–Kier alpha value is -1.78. The summed E-state index contributed by atoms with van der Waals surface area (Å²) in [6.07, 6.45) is 0. The molecule has 1 saturated heterocycles. The fraction of sp³-hybridized carbons (Fsp3) is 0.571. The largest absolute Gasteiger partial charge is 0.396 e. The summed E-state index contributed by atoms with van der Waals surface area (Å²) in [5.41, 5.74) is 6.37. The third-order valence-corrected chi connectivity index (χ3v) is 4.56. The molecule has 0 unspecified atom stereocenters. The molecule has 1 aromatic rings. The van der Waals surface area contributed by atoms with Gasteiger partial charge in [-0.15, -0.1) is 11.3 Å². The van der Waals surface area contributed by atoms with E-state index in [1.54, 1.807) is 0 Å². The first-order chi connectivity index (χ1) is 9.89. The van der Waals surface area contributed by atoms with Gasteiger partial charge in [-0.3, -0.25) is 4.79 Å². The predicted molar refractivity (Wildman–Crippen MR) is 83.7 cm³/mol. The third-order valence-electron chi connectivity index (χ3n) is 3.29. The highest BCUT2D eigenvalue weighted by molar-refractivity contribution is 7.19. The lowest BCUT2D eigenvalue weighted by Gasteiger charge is -2.38. The number of carbonyl (C=O) groups is 1. The van der Waals surface area contributed by atoms with Gasteiger partial charge in [0.25, 0.3) is 5.91 Å². The van der Waals surface area contributed by atoms with Crippen LogP contribution in [0.4, 0.5) is 10.7 Å². The summed E-state index contributed by atoms with van der Waals surface area (Å²) < 4.78 is 5.68. The summed E-state index contributed by atoms with van der Waals surface area (Å²) in [4.78, 5) is 14.5. The van der Waals surface area contributed by atoms with Crippen LogP contribution >= 0.6 is 11.3 Å². The minimum absolute atomic E-state index is 0.227. The van der Waals surface area contributed by atoms with Crippen LogP contribution in [0.1, 0.15) is 36.0 Å². The molecule has 114 valence electrons. The Bertz CT molecular complexity index is 589. The topological polar surface area (TPSA) is 91.4 Å². The molecule has 0 bridgehead atoms. The summed E-state index contributed by atoms with van der Waals surface area (Å²) in [6.45, 7) is 8.32. The van der Waals surface area contributed by atoms with E-state index in [9.17, 15) is 10.1 Å². The van der Waals surface area contributed by atoms with E-state index in [-0.39, 0.29) is 17.2 Å². The molecule has 0 radical (unpaired) electrons. The molecule has 0 saturated carbocycles. The Balaban J connectivity index is 2.38. The maximum absolute atomic E-state index is 12.0. The minimum atomic E-state index is -0.282. The van der Waals surface area contributed by atoms with Crippen LogP contribution in [0.2, 0.25) is 0 Å². The maximum Gasteiger partial charge on any atom is 0.263 e. The van der Waals surface area contributed by atoms with Crippen LogP contribution in [0.25, 0.3) is 0 Å². The van der Waals surface area contributed by atoms with Gasteiger partial charge < -0.3 is 20.7 Å². The molecule has 1 aliphatic rings. The van der Waals surface area contributed by atoms with E-state index in [0.717, 1.165) is 5.00 Å². The van der Waals surface area contributed by atoms with Crippen LogP contribution in [0, 0.1) is 11.3 Å². The van der Waals surface area contributed by atoms with Gasteiger partial charge in [-0.2, -0.15) is 5.26 Å². The third kappa shape index (κ3) is 3.12. The fourth-order valence-electron chi connectivity index (χ4n) is 2.36. The van der Waals surface area contributed by atoms with Crippen molar-refractivity contribution in [3.05, 3.63) is 10.4 Å². The molecule has 1 amide bonds. The first-order valence-electron chi connectivity index (χ1n) is 6.89. The van der Waals surface area contributed by atoms with E-state index < -0.39 is 0 Å². The molecule has 0 aliphatic carbocycles. The standard InChI is InChI=1S/C14H20N4O2S/c1-4-17-12(19)11-10(16)9(7-15)13(21-11)18-5-6-20-14(2,3)8-18/h4-6,8,16H2,1-3H3,(H,17,19). The summed E-state index contributed by atoms with van der Waals surface area (Å²) >= 11 is 1.28. The molecule has 2 heterocycles. The zero-order chi connectivity index (χ0) is 15.6. The number of nitrogen functional groups attached to an aromatic ring is 1. The first kappa shape index (κ1) is 15.6. The van der Waals surface area contributed by atoms with Crippen LogP contribution in [0.15, 0.2) is 0 Å². The van der Waals surface area contributed by atoms with Gasteiger partial charge >= 0.3 is 0 Å². The zero-order valence-corrected chi connectivity index (χ0v) is 13.3. The number of nitrogens with one attached hydrogen (secondary N) is 1. The number of anilines is 2. The molecule has 1 aromatic heterocycles. The number of rotatable bonds is 3. The normalized spacial score (nSPS) is 17.3. The molecule has 0 atom stereocenters. The molecule has 7 heteroatoms. The Morgan fingerprint density at radius 3 is 2.90 bits per heavy atom. The number of nitrogens with zero attached hydrogens (tertiary/aromatic N) is 2. The van der Waals surface area contributed by atoms with Gasteiger partial charge in [-0.1, -0.05) is 0 Å². The van der Waals surface area contributed by atoms with Crippen LogP contribution in [0.5, 0.6) is 0 Å². The van der Waals surface area contributed by atoms with E-state index in [2.05, 4.69) is 16.3 Å². The highest BCUT2D eigenvalue weighted by atomic mass is 32.1. The van der Waals surface area contributed by atoms with Crippen molar-refractivity contribution < 1.29 is 9.53 Å². The lowest BCUT2D eigenvalue weighted by molar-refractivity contribution is -0.0275. The molecule has 3 N–H and O–H groups in total. The number of thiophene rings is 1. The average Bonchev–Trinajstić information content (AvgIpc) is 2.75. The average molecular weight is 308 g/mol. The van der Waals surface area contributed by atoms with E-state index >= 15 is 0 Å². The van der Waals surface area contributed by atoms with Crippen LogP contribution in [-0.4, -0.2) is 37.7 Å². The Morgan fingerprint density at radius 1 is 1.62 bits per heavy atom. The SMILES string of the molecule is CCNC(=O)c1sc(N2CCOC(C)(C)C2)c(C#N)c1N. The number of nitriles is 1. The number of carbonyl (C=O) groups excluding carboxylic acids is 1. The summed E-state index contributed by atoms with van der Waals surface area (Å²) in [5, 5.41) is 12.9. The lowest BCUT2D eigenvalue weighted by atomic mass is 10.1. The van der Waals surface area contributed by atoms with Gasteiger partial charge in [-0.25, -0.2) is 0 Å². The first-order valence-corrected chi connectivity index (χ1v) is 7.70. The number of hydrogen-bond acceptors (Lipinski definition) is 6. The van der Waals surface area contributed by atoms with Gasteiger partial charge in [0.2, 0.25) is 0 Å². The number of morpholine rings is 1. The van der Waals surface area contributed by atoms with Crippen molar-refractivity contribution >= 4 is 27.9 Å². The van der Waals surface area contributed by atoms with Gasteiger partial charge in [0.15, 0.2) is 0 Å². The molecule has 2 rings (SSSR count). The number of hydrogen-bond donors (Lipinski definition) is 2. The molecule has 21 heavy (non-hydrogen) atoms. The van der Waals surface area contributed by atoms with Gasteiger partial charge in [0.05, 0.1) is 17.9 Å². The summed E-state index contributed by atoms with van der Waals surface area (Å²) in [5.74, 6) is -0.227. The fourth-order valence-corrected chi connectivity index (χ4v) is 3.47. The van der Waals surface area contributed by atoms with Crippen molar-refractivity contribution in [2.75, 3.05) is 36.9 Å². The van der Waals surface area contributed by atoms with Crippen molar-refractivity contribution in [1.29, 1.82) is 5.26 Å². The Morgan fingerprint density at radius 2 is 2.33 bits per heavy atom. The van der Waals surface area contributed by atoms with E-state index in [1.807, 2.05) is 20.8 Å². The van der Waals surface area contributed by atoms with Gasteiger partial charge in [0, 0.05) is 19.6 Å². The number of ether oxygens (including phenoxy) is 1. The van der Waals surface area contributed by atoms with Crippen LogP contribution in [-0.2, 0) is 4.74 Å². The second kappa shape index (κ2) is 5.92. The smallest absolute Gasteiger partial charge is 0.263 e. The van der Waals surface area contributed by atoms with Crippen molar-refractivity contribution in [2.45, 2.75) is 26.4 Å². The Kier molecular flexibility index (Phi) is 4.40. The molecule has 6 nitrogen and oxygen atoms in total. The summed E-state index contributed by atoms with van der Waals surface area (Å²) in [6, 6.07) is 2.13. The molecule has 0 aromatic carbocycles. The predicted octanol–water partition coefficient (Wildman–Crippen LogP) is 1.57. The second-order valence-corrected chi connectivity index (χ2v) is 6.53. The second-order valence-electron chi connectivity index (χ2n) is 5.53. The van der Waals surface area contributed by atoms with E-state index in [0.29, 0.717) is 36.7 Å². The molecular formula is C14H20N4O2S. The number of amides is 1. The monoisotopic (exact) mass is 308 g/mol. The number of nitrogens with two attached hydrogens (primary N) is 1. The lowest BCUT2D eigenvalue weighted by Crippen LogP contribution is -2.48. The zero-order valence-electron chi connectivity index (χ0n) is 12.5. The van der Waals surface area contributed by atoms with Crippen molar-refractivity contribution in [3.63, 3.8) is 0 Å². The Labute approximate surface area is 128 Å². The summed E-state index contributed by atoms with van der Waals surface area (Å²) in [7, 11) is 0. The van der Waals surface area contributed by atoms with Crippen molar-refractivity contribution in [2.24, 2.45) is 0 Å². The quantitative estimate of drug-likeness (QED) is 0.884. The van der Waals surface area contributed by atoms with Crippen LogP contribution in [0.3, 0.4) is 0 Å². The van der Waals surface area contributed by atoms with Crippen molar-refractivity contribution in [3.8, 4) is 6.07 Å². The highest BCUT2D eigenvalue weighted by Gasteiger charge is 2.31. The molecular weight excluding hydrogens is 288 g/mol. The van der Waals surface area contributed by atoms with E-state index in [1.165, 1.54) is 11.3 Å². The van der Waals surface area contributed by atoms with Gasteiger partial charge in [-0.05, 0) is 20.8 Å². The van der Waals surface area contributed by atoms with Crippen LogP contribution < -0.4 is 16.0 Å².